The Kier molecular flexibility index (Phi) is 10.8. The summed E-state index contributed by atoms with van der Waals surface area (Å²) in [6, 6.07) is 16.2. The van der Waals surface area contributed by atoms with E-state index < -0.39 is 0 Å². The van der Waals surface area contributed by atoms with Crippen molar-refractivity contribution in [3.8, 4) is 0 Å². The van der Waals surface area contributed by atoms with Crippen LogP contribution in [0.5, 0.6) is 0 Å². The molecule has 0 N–H and O–H groups in total. The van der Waals surface area contributed by atoms with E-state index in [0.29, 0.717) is 10.0 Å². The molecule has 4 aromatic rings. The standard InChI is InChI=1S/C31H41Cl2N7/c1-36(2)14-18-39(30-10-12-34-28-22-24(32)6-8-26(28)30)20-16-38(5)17-21-40(19-15-37(3)4)31-11-13-35-29-23-25(33)7-9-27(29)31/h6-13,22-23H,14-21H2,1-5H3. The fourth-order valence-corrected chi connectivity index (χ4v) is 5.14. The highest BCUT2D eigenvalue weighted by atomic mass is 35.5. The topological polar surface area (TPSA) is 42.0 Å². The molecule has 0 unspecified atom stereocenters. The smallest absolute Gasteiger partial charge is 0.0737 e. The molecule has 2 heterocycles. The van der Waals surface area contributed by atoms with Gasteiger partial charge >= 0.3 is 0 Å². The Hall–Kier alpha value is -2.68. The fraction of sp³-hybridized carbons (Fsp3) is 0.419. The van der Waals surface area contributed by atoms with Crippen molar-refractivity contribution in [1.82, 2.24) is 24.7 Å². The van der Waals surface area contributed by atoms with E-state index in [4.69, 9.17) is 23.2 Å². The average Bonchev–Trinajstić information content (AvgIpc) is 2.92. The van der Waals surface area contributed by atoms with Crippen molar-refractivity contribution in [3.05, 3.63) is 71.0 Å². The van der Waals surface area contributed by atoms with E-state index in [1.165, 1.54) is 11.4 Å². The van der Waals surface area contributed by atoms with Crippen molar-refractivity contribution >= 4 is 56.4 Å². The number of likely N-dealkylation sites (N-methyl/N-ethyl adjacent to an activating group) is 3. The van der Waals surface area contributed by atoms with E-state index in [0.717, 1.165) is 74.2 Å². The fourth-order valence-electron chi connectivity index (χ4n) is 4.81. The van der Waals surface area contributed by atoms with E-state index in [1.807, 2.05) is 36.7 Å². The van der Waals surface area contributed by atoms with Crippen molar-refractivity contribution in [1.29, 1.82) is 0 Å². The first kappa shape index (κ1) is 30.3. The van der Waals surface area contributed by atoms with E-state index in [9.17, 15) is 0 Å². The van der Waals surface area contributed by atoms with Crippen LogP contribution in [0.4, 0.5) is 11.4 Å². The van der Waals surface area contributed by atoms with Crippen LogP contribution in [0.15, 0.2) is 60.9 Å². The third-order valence-corrected chi connectivity index (χ3v) is 7.65. The van der Waals surface area contributed by atoms with Crippen molar-refractivity contribution in [2.45, 2.75) is 0 Å². The summed E-state index contributed by atoms with van der Waals surface area (Å²) >= 11 is 12.5. The minimum atomic E-state index is 0.709. The summed E-state index contributed by atoms with van der Waals surface area (Å²) in [5.74, 6) is 0. The highest BCUT2D eigenvalue weighted by Crippen LogP contribution is 2.29. The van der Waals surface area contributed by atoms with Gasteiger partial charge in [-0.25, -0.2) is 0 Å². The van der Waals surface area contributed by atoms with Gasteiger partial charge in [-0.3, -0.25) is 9.97 Å². The maximum atomic E-state index is 6.26. The SMILES string of the molecule is CN(C)CCN(CCN(C)CCN(CCN(C)C)c1ccnc2cc(Cl)ccc12)c1ccnc2cc(Cl)ccc12. The van der Waals surface area contributed by atoms with Crippen LogP contribution >= 0.6 is 23.2 Å². The lowest BCUT2D eigenvalue weighted by Gasteiger charge is -2.32. The average molecular weight is 583 g/mol. The summed E-state index contributed by atoms with van der Waals surface area (Å²) in [6.07, 6.45) is 3.77. The van der Waals surface area contributed by atoms with Crippen molar-refractivity contribution in [3.63, 3.8) is 0 Å². The number of aromatic nitrogens is 2. The van der Waals surface area contributed by atoms with Crippen LogP contribution in [0, 0.1) is 0 Å². The highest BCUT2D eigenvalue weighted by Gasteiger charge is 2.15. The van der Waals surface area contributed by atoms with Gasteiger partial charge in [0.25, 0.3) is 0 Å². The van der Waals surface area contributed by atoms with E-state index >= 15 is 0 Å². The molecule has 40 heavy (non-hydrogen) atoms. The Morgan fingerprint density at radius 1 is 0.525 bits per heavy atom. The van der Waals surface area contributed by atoms with Crippen LogP contribution in [0.3, 0.4) is 0 Å². The van der Waals surface area contributed by atoms with Crippen LogP contribution < -0.4 is 9.80 Å². The van der Waals surface area contributed by atoms with Crippen molar-refractivity contribution in [2.24, 2.45) is 0 Å². The Balaban J connectivity index is 1.47. The molecule has 4 rings (SSSR count). The maximum Gasteiger partial charge on any atom is 0.0737 e. The molecule has 2 aromatic heterocycles. The molecule has 9 heteroatoms. The minimum Gasteiger partial charge on any atom is -0.368 e. The summed E-state index contributed by atoms with van der Waals surface area (Å²) < 4.78 is 0. The molecular formula is C31H41Cl2N7. The van der Waals surface area contributed by atoms with E-state index in [1.54, 1.807) is 0 Å². The van der Waals surface area contributed by atoms with Gasteiger partial charge < -0.3 is 24.5 Å². The van der Waals surface area contributed by atoms with Gasteiger partial charge in [-0.1, -0.05) is 23.2 Å². The zero-order valence-corrected chi connectivity index (χ0v) is 25.8. The van der Waals surface area contributed by atoms with Gasteiger partial charge in [0.2, 0.25) is 0 Å². The Labute approximate surface area is 248 Å². The summed E-state index contributed by atoms with van der Waals surface area (Å²) in [4.78, 5) is 20.9. The molecular weight excluding hydrogens is 541 g/mol. The van der Waals surface area contributed by atoms with Gasteiger partial charge in [0.05, 0.1) is 11.0 Å². The first-order valence-corrected chi connectivity index (χ1v) is 14.5. The Bertz CT molecular complexity index is 1290. The molecule has 0 aliphatic carbocycles. The number of anilines is 2. The van der Waals surface area contributed by atoms with Gasteiger partial charge in [-0.05, 0) is 83.8 Å². The lowest BCUT2D eigenvalue weighted by molar-refractivity contribution is 0.337. The van der Waals surface area contributed by atoms with Gasteiger partial charge in [-0.2, -0.15) is 0 Å². The molecule has 0 spiro atoms. The van der Waals surface area contributed by atoms with Gasteiger partial charge in [0.1, 0.15) is 0 Å². The summed E-state index contributed by atoms with van der Waals surface area (Å²) in [7, 11) is 10.7. The second-order valence-electron chi connectivity index (χ2n) is 10.9. The monoisotopic (exact) mass is 581 g/mol. The van der Waals surface area contributed by atoms with Gasteiger partial charge in [0.15, 0.2) is 0 Å². The number of pyridine rings is 2. The number of halogens is 2. The number of nitrogens with zero attached hydrogens (tertiary/aromatic N) is 7. The van der Waals surface area contributed by atoms with Crippen LogP contribution in [-0.4, -0.2) is 112 Å². The first-order chi connectivity index (χ1) is 19.2. The molecule has 7 nitrogen and oxygen atoms in total. The zero-order chi connectivity index (χ0) is 28.6. The van der Waals surface area contributed by atoms with E-state index in [2.05, 4.69) is 94.0 Å². The van der Waals surface area contributed by atoms with Crippen LogP contribution in [0.2, 0.25) is 10.0 Å². The molecule has 0 bridgehead atoms. The number of rotatable bonds is 14. The number of hydrogen-bond donors (Lipinski definition) is 0. The lowest BCUT2D eigenvalue weighted by atomic mass is 10.1. The molecule has 2 aromatic carbocycles. The summed E-state index contributed by atoms with van der Waals surface area (Å²) in [5, 5.41) is 3.68. The van der Waals surface area contributed by atoms with Crippen LogP contribution in [0.1, 0.15) is 0 Å². The Morgan fingerprint density at radius 3 is 1.32 bits per heavy atom. The quantitative estimate of drug-likeness (QED) is 0.196. The minimum absolute atomic E-state index is 0.709. The summed E-state index contributed by atoms with van der Waals surface area (Å²) in [6.45, 7) is 7.53. The molecule has 0 atom stereocenters. The highest BCUT2D eigenvalue weighted by molar-refractivity contribution is 6.31. The van der Waals surface area contributed by atoms with Crippen molar-refractivity contribution in [2.75, 3.05) is 97.4 Å². The predicted molar refractivity (Wildman–Crippen MR) is 173 cm³/mol. The Morgan fingerprint density at radius 2 is 0.925 bits per heavy atom. The largest absolute Gasteiger partial charge is 0.368 e. The second kappa shape index (κ2) is 14.3. The number of hydrogen-bond acceptors (Lipinski definition) is 7. The molecule has 0 amide bonds. The molecule has 0 saturated heterocycles. The van der Waals surface area contributed by atoms with E-state index in [-0.39, 0.29) is 0 Å². The molecule has 0 saturated carbocycles. The van der Waals surface area contributed by atoms with Crippen LogP contribution in [-0.2, 0) is 0 Å². The molecule has 214 valence electrons. The first-order valence-electron chi connectivity index (χ1n) is 13.8. The molecule has 0 radical (unpaired) electrons. The number of fused-ring (bicyclic) bond motifs is 2. The summed E-state index contributed by atoms with van der Waals surface area (Å²) in [5.41, 5.74) is 4.25. The normalized spacial score (nSPS) is 11.8. The maximum absolute atomic E-state index is 6.26. The zero-order valence-electron chi connectivity index (χ0n) is 24.3. The van der Waals surface area contributed by atoms with Crippen molar-refractivity contribution < 1.29 is 0 Å². The van der Waals surface area contributed by atoms with Crippen LogP contribution in [0.25, 0.3) is 21.8 Å². The lowest BCUT2D eigenvalue weighted by Crippen LogP contribution is -2.41. The third kappa shape index (κ3) is 8.18. The molecule has 0 aliphatic rings. The number of benzene rings is 2. The third-order valence-electron chi connectivity index (χ3n) is 7.18. The van der Waals surface area contributed by atoms with Gasteiger partial charge in [0, 0.05) is 96.9 Å². The molecule has 0 aliphatic heterocycles. The predicted octanol–water partition coefficient (Wildman–Crippen LogP) is 5.46. The molecule has 0 fully saturated rings. The second-order valence-corrected chi connectivity index (χ2v) is 11.7. The van der Waals surface area contributed by atoms with Gasteiger partial charge in [-0.15, -0.1) is 0 Å².